The normalized spacial score (nSPS) is 14.8. The van der Waals surface area contributed by atoms with Crippen LogP contribution in [0, 0.1) is 6.92 Å². The molecule has 0 saturated carbocycles. The predicted molar refractivity (Wildman–Crippen MR) is 146 cm³/mol. The van der Waals surface area contributed by atoms with Crippen LogP contribution in [0.5, 0.6) is 0 Å². The SMILES string of the molecule is CCN1CCN(S(=O)(=O)c2ccc(Nc3nccc(Nc4ccnc(-c5cccc(C)n5)n4)n3)cc2)CC1. The minimum absolute atomic E-state index is 0.270. The number of hydrogen-bond acceptors (Lipinski definition) is 10. The number of nitrogens with one attached hydrogen (secondary N) is 2. The van der Waals surface area contributed by atoms with Crippen LogP contribution in [0.25, 0.3) is 11.5 Å². The van der Waals surface area contributed by atoms with Gasteiger partial charge in [-0.1, -0.05) is 13.0 Å². The number of benzene rings is 1. The lowest BCUT2D eigenvalue weighted by Crippen LogP contribution is -2.48. The van der Waals surface area contributed by atoms with Crippen LogP contribution in [-0.2, 0) is 10.0 Å². The van der Waals surface area contributed by atoms with Gasteiger partial charge >= 0.3 is 0 Å². The largest absolute Gasteiger partial charge is 0.325 e. The molecule has 0 unspecified atom stereocenters. The van der Waals surface area contributed by atoms with Gasteiger partial charge in [-0.15, -0.1) is 0 Å². The molecule has 1 aliphatic heterocycles. The van der Waals surface area contributed by atoms with E-state index in [0.29, 0.717) is 47.9 Å². The number of aromatic nitrogens is 5. The molecule has 12 heteroatoms. The zero-order chi connectivity index (χ0) is 26.5. The molecule has 0 bridgehead atoms. The van der Waals surface area contributed by atoms with Crippen molar-refractivity contribution in [2.75, 3.05) is 43.4 Å². The number of nitrogens with zero attached hydrogens (tertiary/aromatic N) is 7. The lowest BCUT2D eigenvalue weighted by Gasteiger charge is -2.33. The number of sulfonamides is 1. The number of piperazine rings is 1. The molecule has 0 amide bonds. The van der Waals surface area contributed by atoms with Crippen LogP contribution < -0.4 is 10.6 Å². The molecule has 4 aromatic rings. The summed E-state index contributed by atoms with van der Waals surface area (Å²) in [6.07, 6.45) is 3.28. The molecule has 38 heavy (non-hydrogen) atoms. The van der Waals surface area contributed by atoms with E-state index in [1.54, 1.807) is 53.1 Å². The highest BCUT2D eigenvalue weighted by atomic mass is 32.2. The number of aryl methyl sites for hydroxylation is 1. The minimum Gasteiger partial charge on any atom is -0.325 e. The Hall–Kier alpha value is -4.00. The Balaban J connectivity index is 1.25. The third kappa shape index (κ3) is 5.93. The van der Waals surface area contributed by atoms with Crippen LogP contribution >= 0.6 is 0 Å². The van der Waals surface area contributed by atoms with Gasteiger partial charge in [0.2, 0.25) is 16.0 Å². The molecule has 1 aromatic carbocycles. The van der Waals surface area contributed by atoms with Gasteiger partial charge in [0.1, 0.15) is 17.3 Å². The van der Waals surface area contributed by atoms with Gasteiger partial charge < -0.3 is 15.5 Å². The topological polar surface area (TPSA) is 129 Å². The zero-order valence-corrected chi connectivity index (χ0v) is 22.1. The Labute approximate surface area is 222 Å². The van der Waals surface area contributed by atoms with E-state index in [9.17, 15) is 8.42 Å². The quantitative estimate of drug-likeness (QED) is 0.349. The highest BCUT2D eigenvalue weighted by Crippen LogP contribution is 2.22. The van der Waals surface area contributed by atoms with Gasteiger partial charge in [0.25, 0.3) is 0 Å². The van der Waals surface area contributed by atoms with Gasteiger partial charge in [0.05, 0.1) is 4.90 Å². The Kier molecular flexibility index (Phi) is 7.54. The summed E-state index contributed by atoms with van der Waals surface area (Å²) in [6.45, 7) is 7.42. The van der Waals surface area contributed by atoms with Gasteiger partial charge in [-0.3, -0.25) is 0 Å². The van der Waals surface area contributed by atoms with Crippen molar-refractivity contribution in [3.8, 4) is 11.5 Å². The van der Waals surface area contributed by atoms with E-state index < -0.39 is 10.0 Å². The first-order chi connectivity index (χ1) is 18.4. The second kappa shape index (κ2) is 11.2. The van der Waals surface area contributed by atoms with Crippen molar-refractivity contribution in [2.45, 2.75) is 18.7 Å². The molecule has 11 nitrogen and oxygen atoms in total. The smallest absolute Gasteiger partial charge is 0.243 e. The molecule has 0 radical (unpaired) electrons. The van der Waals surface area contributed by atoms with E-state index >= 15 is 0 Å². The van der Waals surface area contributed by atoms with Crippen molar-refractivity contribution in [1.29, 1.82) is 0 Å². The number of anilines is 4. The highest BCUT2D eigenvalue weighted by Gasteiger charge is 2.27. The molecule has 1 aliphatic rings. The maximum absolute atomic E-state index is 13.0. The summed E-state index contributed by atoms with van der Waals surface area (Å²) in [4.78, 5) is 24.6. The molecule has 0 aliphatic carbocycles. The van der Waals surface area contributed by atoms with E-state index in [0.717, 1.165) is 25.3 Å². The predicted octanol–water partition coefficient (Wildman–Crippen LogP) is 3.45. The molecular formula is C26H29N9O2S. The zero-order valence-electron chi connectivity index (χ0n) is 21.2. The third-order valence-electron chi connectivity index (χ3n) is 6.21. The number of likely N-dealkylation sites (N-methyl/N-ethyl adjacent to an activating group) is 1. The lowest BCUT2D eigenvalue weighted by molar-refractivity contribution is 0.196. The van der Waals surface area contributed by atoms with Crippen LogP contribution in [0.1, 0.15) is 12.6 Å². The Bertz CT molecular complexity index is 1510. The molecule has 1 fully saturated rings. The van der Waals surface area contributed by atoms with Crippen LogP contribution in [0.4, 0.5) is 23.3 Å². The van der Waals surface area contributed by atoms with Gasteiger partial charge in [-0.05, 0) is 62.0 Å². The number of pyridine rings is 1. The summed E-state index contributed by atoms with van der Waals surface area (Å²) in [6, 6.07) is 15.8. The Morgan fingerprint density at radius 2 is 1.53 bits per heavy atom. The molecule has 4 heterocycles. The fourth-order valence-corrected chi connectivity index (χ4v) is 5.54. The summed E-state index contributed by atoms with van der Waals surface area (Å²) < 4.78 is 27.6. The summed E-state index contributed by atoms with van der Waals surface area (Å²) >= 11 is 0. The molecule has 5 rings (SSSR count). The minimum atomic E-state index is -3.53. The second-order valence-corrected chi connectivity index (χ2v) is 10.7. The van der Waals surface area contributed by atoms with Gasteiger partial charge in [0.15, 0.2) is 5.82 Å². The van der Waals surface area contributed by atoms with E-state index in [-0.39, 0.29) is 4.90 Å². The van der Waals surface area contributed by atoms with Crippen molar-refractivity contribution in [3.63, 3.8) is 0 Å². The Morgan fingerprint density at radius 3 is 2.24 bits per heavy atom. The second-order valence-electron chi connectivity index (χ2n) is 8.81. The third-order valence-corrected chi connectivity index (χ3v) is 8.12. The van der Waals surface area contributed by atoms with Crippen LogP contribution in [-0.4, -0.2) is 75.3 Å². The van der Waals surface area contributed by atoms with Crippen LogP contribution in [0.3, 0.4) is 0 Å². The monoisotopic (exact) mass is 531 g/mol. The van der Waals surface area contributed by atoms with Crippen molar-refractivity contribution in [3.05, 3.63) is 72.7 Å². The van der Waals surface area contributed by atoms with Gasteiger partial charge in [0, 0.05) is 50.0 Å². The fraction of sp³-hybridized carbons (Fsp3) is 0.269. The summed E-state index contributed by atoms with van der Waals surface area (Å²) in [7, 11) is -3.53. The summed E-state index contributed by atoms with van der Waals surface area (Å²) in [5, 5.41) is 6.29. The molecule has 2 N–H and O–H groups in total. The highest BCUT2D eigenvalue weighted by molar-refractivity contribution is 7.89. The average Bonchev–Trinajstić information content (AvgIpc) is 2.94. The Morgan fingerprint density at radius 1 is 0.816 bits per heavy atom. The van der Waals surface area contributed by atoms with Crippen molar-refractivity contribution >= 4 is 33.3 Å². The molecule has 0 atom stereocenters. The summed E-state index contributed by atoms with van der Waals surface area (Å²) in [5.74, 6) is 1.97. The molecule has 1 saturated heterocycles. The van der Waals surface area contributed by atoms with Gasteiger partial charge in [-0.2, -0.15) is 9.29 Å². The van der Waals surface area contributed by atoms with Crippen molar-refractivity contribution in [2.24, 2.45) is 0 Å². The van der Waals surface area contributed by atoms with Crippen LogP contribution in [0.2, 0.25) is 0 Å². The maximum atomic E-state index is 13.0. The first-order valence-electron chi connectivity index (χ1n) is 12.4. The fourth-order valence-electron chi connectivity index (χ4n) is 4.11. The van der Waals surface area contributed by atoms with E-state index in [4.69, 9.17) is 0 Å². The number of hydrogen-bond donors (Lipinski definition) is 2. The van der Waals surface area contributed by atoms with E-state index in [1.807, 2.05) is 25.1 Å². The van der Waals surface area contributed by atoms with Gasteiger partial charge in [-0.25, -0.2) is 28.4 Å². The van der Waals surface area contributed by atoms with Crippen molar-refractivity contribution in [1.82, 2.24) is 34.1 Å². The van der Waals surface area contributed by atoms with Crippen molar-refractivity contribution < 1.29 is 8.42 Å². The molecule has 3 aromatic heterocycles. The maximum Gasteiger partial charge on any atom is 0.243 e. The average molecular weight is 532 g/mol. The summed E-state index contributed by atoms with van der Waals surface area (Å²) in [5.41, 5.74) is 2.25. The van der Waals surface area contributed by atoms with E-state index in [2.05, 4.69) is 47.4 Å². The molecule has 196 valence electrons. The number of rotatable bonds is 8. The lowest BCUT2D eigenvalue weighted by atomic mass is 10.3. The molecule has 0 spiro atoms. The van der Waals surface area contributed by atoms with E-state index in [1.165, 1.54) is 0 Å². The first-order valence-corrected chi connectivity index (χ1v) is 13.8. The molecular weight excluding hydrogens is 502 g/mol. The van der Waals surface area contributed by atoms with Crippen LogP contribution in [0.15, 0.2) is 71.9 Å². The standard InChI is InChI=1S/C26H29N9O2S/c1-3-34-15-17-35(18-16-34)38(36,37)21-9-7-20(8-10-21)30-26-28-14-12-24(33-26)31-23-11-13-27-25(32-23)22-6-4-5-19(2)29-22/h4-14H,3,15-18H2,1-2H3,(H2,27,28,30,31,32,33). The first kappa shape index (κ1) is 25.6.